The molecule has 4 nitrogen and oxygen atoms in total. The largest absolute Gasteiger partial charge is 0.573 e. The topological polar surface area (TPSA) is 55.4 Å². The Hall–Kier alpha value is -2.06. The fourth-order valence-corrected chi connectivity index (χ4v) is 3.53. The Labute approximate surface area is 138 Å². The smallest absolute Gasteiger partial charge is 0.406 e. The van der Waals surface area contributed by atoms with Gasteiger partial charge in [-0.15, -0.1) is 13.2 Å². The minimum absolute atomic E-state index is 0.301. The average Bonchev–Trinajstić information content (AvgIpc) is 2.45. The van der Waals surface area contributed by atoms with Crippen LogP contribution in [-0.2, 0) is 10.0 Å². The summed E-state index contributed by atoms with van der Waals surface area (Å²) in [5.41, 5.74) is 1.69. The molecular formula is C16H16F3NO3S. The van der Waals surface area contributed by atoms with Gasteiger partial charge in [-0.05, 0) is 37.1 Å². The Kier molecular flexibility index (Phi) is 5.19. The van der Waals surface area contributed by atoms with Crippen LogP contribution in [0.4, 0.5) is 13.2 Å². The highest BCUT2D eigenvalue weighted by Gasteiger charge is 2.31. The predicted molar refractivity (Wildman–Crippen MR) is 83.0 cm³/mol. The minimum atomic E-state index is -4.88. The van der Waals surface area contributed by atoms with Crippen LogP contribution < -0.4 is 9.46 Å². The second kappa shape index (κ2) is 6.82. The molecule has 130 valence electrons. The van der Waals surface area contributed by atoms with E-state index in [4.69, 9.17) is 0 Å². The van der Waals surface area contributed by atoms with Crippen molar-refractivity contribution in [1.82, 2.24) is 4.72 Å². The van der Waals surface area contributed by atoms with E-state index in [2.05, 4.69) is 9.46 Å². The van der Waals surface area contributed by atoms with Gasteiger partial charge in [0.05, 0.1) is 4.90 Å². The molecule has 24 heavy (non-hydrogen) atoms. The maximum absolute atomic E-state index is 12.4. The Morgan fingerprint density at radius 3 is 2.38 bits per heavy atom. The fraction of sp³-hybridized carbons (Fsp3) is 0.250. The molecule has 0 aliphatic carbocycles. The van der Waals surface area contributed by atoms with Crippen molar-refractivity contribution in [1.29, 1.82) is 0 Å². The van der Waals surface area contributed by atoms with Gasteiger partial charge >= 0.3 is 6.36 Å². The van der Waals surface area contributed by atoms with Gasteiger partial charge in [-0.1, -0.05) is 30.3 Å². The zero-order valence-corrected chi connectivity index (χ0v) is 13.8. The number of alkyl halides is 3. The lowest BCUT2D eigenvalue weighted by molar-refractivity contribution is -0.274. The summed E-state index contributed by atoms with van der Waals surface area (Å²) in [6.07, 6.45) is -4.88. The first-order chi connectivity index (χ1) is 11.1. The summed E-state index contributed by atoms with van der Waals surface area (Å²) in [5, 5.41) is 0. The summed E-state index contributed by atoms with van der Waals surface area (Å²) in [5.74, 6) is -0.589. The van der Waals surface area contributed by atoms with Crippen LogP contribution in [0.15, 0.2) is 53.4 Å². The molecule has 1 N–H and O–H groups in total. The van der Waals surface area contributed by atoms with E-state index in [1.54, 1.807) is 19.1 Å². The van der Waals surface area contributed by atoms with Gasteiger partial charge < -0.3 is 4.74 Å². The van der Waals surface area contributed by atoms with Crippen LogP contribution in [0.5, 0.6) is 5.75 Å². The molecule has 8 heteroatoms. The van der Waals surface area contributed by atoms with Crippen LogP contribution in [0.1, 0.15) is 24.1 Å². The van der Waals surface area contributed by atoms with Gasteiger partial charge in [-0.2, -0.15) is 0 Å². The predicted octanol–water partition coefficient (Wildman–Crippen LogP) is 3.93. The van der Waals surface area contributed by atoms with E-state index in [0.717, 1.165) is 23.3 Å². The van der Waals surface area contributed by atoms with Crippen molar-refractivity contribution in [2.45, 2.75) is 31.1 Å². The standard InChI is InChI=1S/C16H16F3NO3S/c1-11-6-3-4-9-15(11)12(2)20-24(21,22)14-8-5-7-13(10-14)23-16(17,18)19/h3-10,12,20H,1-2H3/t12-/m1/s1. The third-order valence-electron chi connectivity index (χ3n) is 3.34. The van der Waals surface area contributed by atoms with E-state index in [1.165, 1.54) is 12.1 Å². The van der Waals surface area contributed by atoms with Crippen molar-refractivity contribution in [2.75, 3.05) is 0 Å². The van der Waals surface area contributed by atoms with Gasteiger partial charge in [0.15, 0.2) is 0 Å². The average molecular weight is 359 g/mol. The quantitative estimate of drug-likeness (QED) is 0.880. The molecule has 2 rings (SSSR count). The van der Waals surface area contributed by atoms with Gasteiger partial charge in [0, 0.05) is 12.1 Å². The van der Waals surface area contributed by atoms with Crippen molar-refractivity contribution in [3.8, 4) is 5.75 Å². The highest BCUT2D eigenvalue weighted by Crippen LogP contribution is 2.26. The molecule has 0 aliphatic rings. The molecule has 0 bridgehead atoms. The van der Waals surface area contributed by atoms with Crippen molar-refractivity contribution in [2.24, 2.45) is 0 Å². The molecule has 0 spiro atoms. The fourth-order valence-electron chi connectivity index (χ4n) is 2.28. The number of hydrogen-bond acceptors (Lipinski definition) is 3. The van der Waals surface area contributed by atoms with Gasteiger partial charge in [-0.3, -0.25) is 0 Å². The van der Waals surface area contributed by atoms with E-state index < -0.39 is 28.2 Å². The second-order valence-corrected chi connectivity index (χ2v) is 6.94. The van der Waals surface area contributed by atoms with E-state index in [0.29, 0.717) is 0 Å². The summed E-state index contributed by atoms with van der Waals surface area (Å²) in [4.78, 5) is -0.301. The Morgan fingerprint density at radius 1 is 1.08 bits per heavy atom. The van der Waals surface area contributed by atoms with Crippen LogP contribution in [-0.4, -0.2) is 14.8 Å². The molecule has 0 unspecified atom stereocenters. The number of nitrogens with one attached hydrogen (secondary N) is 1. The lowest BCUT2D eigenvalue weighted by atomic mass is 10.0. The Morgan fingerprint density at radius 2 is 1.75 bits per heavy atom. The van der Waals surface area contributed by atoms with Crippen molar-refractivity contribution >= 4 is 10.0 Å². The number of halogens is 3. The van der Waals surface area contributed by atoms with E-state index in [1.807, 2.05) is 19.1 Å². The number of ether oxygens (including phenoxy) is 1. The first-order valence-corrected chi connectivity index (χ1v) is 8.50. The first-order valence-electron chi connectivity index (χ1n) is 7.02. The van der Waals surface area contributed by atoms with Crippen LogP contribution in [0, 0.1) is 6.92 Å². The van der Waals surface area contributed by atoms with E-state index in [9.17, 15) is 21.6 Å². The van der Waals surface area contributed by atoms with Gasteiger partial charge in [-0.25, -0.2) is 13.1 Å². The number of benzene rings is 2. The van der Waals surface area contributed by atoms with Crippen LogP contribution >= 0.6 is 0 Å². The number of sulfonamides is 1. The zero-order chi connectivity index (χ0) is 18.0. The second-order valence-electron chi connectivity index (χ2n) is 5.22. The van der Waals surface area contributed by atoms with Crippen LogP contribution in [0.3, 0.4) is 0 Å². The summed E-state index contributed by atoms with van der Waals surface area (Å²) in [6.45, 7) is 3.51. The molecular weight excluding hydrogens is 343 g/mol. The monoisotopic (exact) mass is 359 g/mol. The molecule has 0 saturated heterocycles. The lowest BCUT2D eigenvalue weighted by Crippen LogP contribution is -2.27. The zero-order valence-electron chi connectivity index (χ0n) is 13.0. The Bertz CT molecular complexity index is 819. The molecule has 2 aromatic carbocycles. The van der Waals surface area contributed by atoms with Crippen LogP contribution in [0.25, 0.3) is 0 Å². The molecule has 0 saturated carbocycles. The molecule has 2 aromatic rings. The summed E-state index contributed by atoms with van der Waals surface area (Å²) in [7, 11) is -4.00. The third kappa shape index (κ3) is 4.72. The molecule has 0 aromatic heterocycles. The summed E-state index contributed by atoms with van der Waals surface area (Å²) < 4.78 is 67.8. The number of rotatable bonds is 5. The SMILES string of the molecule is Cc1ccccc1[C@@H](C)NS(=O)(=O)c1cccc(OC(F)(F)F)c1. The van der Waals surface area contributed by atoms with E-state index >= 15 is 0 Å². The number of aryl methyl sites for hydroxylation is 1. The van der Waals surface area contributed by atoms with Crippen molar-refractivity contribution in [3.63, 3.8) is 0 Å². The minimum Gasteiger partial charge on any atom is -0.406 e. The lowest BCUT2D eigenvalue weighted by Gasteiger charge is -2.17. The maximum Gasteiger partial charge on any atom is 0.573 e. The maximum atomic E-state index is 12.4. The van der Waals surface area contributed by atoms with Crippen molar-refractivity contribution in [3.05, 3.63) is 59.7 Å². The van der Waals surface area contributed by atoms with Gasteiger partial charge in [0.2, 0.25) is 10.0 Å². The number of hydrogen-bond donors (Lipinski definition) is 1. The molecule has 0 heterocycles. The molecule has 0 fully saturated rings. The summed E-state index contributed by atoms with van der Waals surface area (Å²) in [6, 6.07) is 11.0. The Balaban J connectivity index is 2.24. The highest BCUT2D eigenvalue weighted by atomic mass is 32.2. The van der Waals surface area contributed by atoms with Crippen molar-refractivity contribution < 1.29 is 26.3 Å². The summed E-state index contributed by atoms with van der Waals surface area (Å²) >= 11 is 0. The molecule has 1 atom stereocenters. The van der Waals surface area contributed by atoms with Gasteiger partial charge in [0.1, 0.15) is 5.75 Å². The van der Waals surface area contributed by atoms with Gasteiger partial charge in [0.25, 0.3) is 0 Å². The highest BCUT2D eigenvalue weighted by molar-refractivity contribution is 7.89. The van der Waals surface area contributed by atoms with Crippen LogP contribution in [0.2, 0.25) is 0 Å². The normalized spacial score (nSPS) is 13.5. The third-order valence-corrected chi connectivity index (χ3v) is 4.87. The molecule has 0 radical (unpaired) electrons. The first kappa shape index (κ1) is 18.3. The molecule has 0 aliphatic heterocycles. The van der Waals surface area contributed by atoms with E-state index in [-0.39, 0.29) is 4.90 Å². The molecule has 0 amide bonds.